The number of carbonyl (C=O) groups is 3. The van der Waals surface area contributed by atoms with Gasteiger partial charge in [-0.1, -0.05) is 0 Å². The van der Waals surface area contributed by atoms with Crippen molar-refractivity contribution in [2.45, 2.75) is 6.92 Å². The van der Waals surface area contributed by atoms with Crippen molar-refractivity contribution in [2.75, 3.05) is 17.7 Å². The lowest BCUT2D eigenvalue weighted by molar-refractivity contribution is -0.114. The Balaban J connectivity index is 2.03. The van der Waals surface area contributed by atoms with Gasteiger partial charge in [0.15, 0.2) is 0 Å². The van der Waals surface area contributed by atoms with Crippen molar-refractivity contribution in [3.63, 3.8) is 0 Å². The Kier molecular flexibility index (Phi) is 5.09. The van der Waals surface area contributed by atoms with Crippen molar-refractivity contribution < 1.29 is 14.4 Å². The average Bonchev–Trinajstić information content (AvgIpc) is 2.55. The fourth-order valence-electron chi connectivity index (χ4n) is 1.96. The zero-order chi connectivity index (χ0) is 16.8. The molecule has 3 N–H and O–H groups in total. The summed E-state index contributed by atoms with van der Waals surface area (Å²) in [6.07, 6.45) is 0. The van der Waals surface area contributed by atoms with E-state index >= 15 is 0 Å². The Bertz CT molecular complexity index is 722. The van der Waals surface area contributed by atoms with Gasteiger partial charge in [0.25, 0.3) is 11.8 Å². The highest BCUT2D eigenvalue weighted by Crippen LogP contribution is 2.13. The van der Waals surface area contributed by atoms with Crippen LogP contribution in [0.2, 0.25) is 0 Å². The van der Waals surface area contributed by atoms with Gasteiger partial charge in [0, 0.05) is 36.5 Å². The van der Waals surface area contributed by atoms with E-state index in [9.17, 15) is 14.4 Å². The van der Waals surface area contributed by atoms with E-state index in [0.717, 1.165) is 0 Å². The van der Waals surface area contributed by atoms with Gasteiger partial charge in [0.05, 0.1) is 0 Å². The van der Waals surface area contributed by atoms with Gasteiger partial charge >= 0.3 is 0 Å². The van der Waals surface area contributed by atoms with E-state index in [2.05, 4.69) is 16.0 Å². The summed E-state index contributed by atoms with van der Waals surface area (Å²) >= 11 is 0. The predicted octanol–water partition coefficient (Wildman–Crippen LogP) is 2.26. The van der Waals surface area contributed by atoms with Crippen molar-refractivity contribution in [3.05, 3.63) is 59.7 Å². The molecule has 0 aliphatic carbocycles. The molecule has 0 bridgehead atoms. The number of anilines is 2. The Morgan fingerprint density at radius 2 is 1.13 bits per heavy atom. The summed E-state index contributed by atoms with van der Waals surface area (Å²) in [5, 5.41) is 7.91. The van der Waals surface area contributed by atoms with Crippen molar-refractivity contribution in [1.82, 2.24) is 5.32 Å². The zero-order valence-electron chi connectivity index (χ0n) is 12.8. The molecule has 0 unspecified atom stereocenters. The summed E-state index contributed by atoms with van der Waals surface area (Å²) < 4.78 is 0. The third-order valence-electron chi connectivity index (χ3n) is 3.10. The van der Waals surface area contributed by atoms with Crippen LogP contribution >= 0.6 is 0 Å². The normalized spacial score (nSPS) is 9.83. The van der Waals surface area contributed by atoms with Crippen LogP contribution in [-0.2, 0) is 4.79 Å². The van der Waals surface area contributed by atoms with Gasteiger partial charge in [-0.15, -0.1) is 0 Å². The molecule has 118 valence electrons. The Labute approximate surface area is 133 Å². The summed E-state index contributed by atoms with van der Waals surface area (Å²) in [7, 11) is 1.56. The maximum Gasteiger partial charge on any atom is 0.255 e. The topological polar surface area (TPSA) is 87.3 Å². The second-order valence-corrected chi connectivity index (χ2v) is 4.87. The maximum atomic E-state index is 12.1. The molecule has 0 heterocycles. The lowest BCUT2D eigenvalue weighted by Crippen LogP contribution is -2.17. The van der Waals surface area contributed by atoms with E-state index < -0.39 is 0 Å². The van der Waals surface area contributed by atoms with Crippen LogP contribution in [0.5, 0.6) is 0 Å². The lowest BCUT2D eigenvalue weighted by Gasteiger charge is -2.07. The number of carbonyl (C=O) groups excluding carboxylic acids is 3. The molecule has 0 saturated heterocycles. The summed E-state index contributed by atoms with van der Waals surface area (Å²) in [4.78, 5) is 34.5. The first-order chi connectivity index (χ1) is 11.0. The van der Waals surface area contributed by atoms with Crippen molar-refractivity contribution in [3.8, 4) is 0 Å². The molecule has 0 aliphatic heterocycles. The third-order valence-corrected chi connectivity index (χ3v) is 3.10. The second-order valence-electron chi connectivity index (χ2n) is 4.87. The SMILES string of the molecule is CNC(=O)c1ccc(NC(=O)c2ccc(NC(C)=O)cc2)cc1. The fourth-order valence-corrected chi connectivity index (χ4v) is 1.96. The Morgan fingerprint density at radius 3 is 1.57 bits per heavy atom. The van der Waals surface area contributed by atoms with E-state index in [1.807, 2.05) is 0 Å². The summed E-state index contributed by atoms with van der Waals surface area (Å²) in [6.45, 7) is 1.42. The Hall–Kier alpha value is -3.15. The van der Waals surface area contributed by atoms with Crippen LogP contribution < -0.4 is 16.0 Å². The number of hydrogen-bond acceptors (Lipinski definition) is 3. The minimum absolute atomic E-state index is 0.168. The van der Waals surface area contributed by atoms with Crippen molar-refractivity contribution in [2.24, 2.45) is 0 Å². The van der Waals surface area contributed by atoms with Gasteiger partial charge in [-0.2, -0.15) is 0 Å². The molecule has 0 radical (unpaired) electrons. The molecule has 2 aromatic carbocycles. The first kappa shape index (κ1) is 16.2. The molecule has 0 saturated carbocycles. The van der Waals surface area contributed by atoms with Gasteiger partial charge in [0.2, 0.25) is 5.91 Å². The quantitative estimate of drug-likeness (QED) is 0.809. The second kappa shape index (κ2) is 7.22. The first-order valence-electron chi connectivity index (χ1n) is 7.01. The van der Waals surface area contributed by atoms with E-state index in [1.54, 1.807) is 55.6 Å². The van der Waals surface area contributed by atoms with Crippen LogP contribution in [0.25, 0.3) is 0 Å². The smallest absolute Gasteiger partial charge is 0.255 e. The molecule has 6 nitrogen and oxygen atoms in total. The van der Waals surface area contributed by atoms with Crippen LogP contribution in [0.4, 0.5) is 11.4 Å². The molecular formula is C17H17N3O3. The fraction of sp³-hybridized carbons (Fsp3) is 0.118. The van der Waals surface area contributed by atoms with Gasteiger partial charge in [0.1, 0.15) is 0 Å². The summed E-state index contributed by atoms with van der Waals surface area (Å²) in [5.74, 6) is -0.623. The molecule has 3 amide bonds. The van der Waals surface area contributed by atoms with E-state index in [0.29, 0.717) is 22.5 Å². The highest BCUT2D eigenvalue weighted by Gasteiger charge is 2.07. The number of amides is 3. The van der Waals surface area contributed by atoms with E-state index in [-0.39, 0.29) is 17.7 Å². The van der Waals surface area contributed by atoms with Crippen LogP contribution in [0.15, 0.2) is 48.5 Å². The van der Waals surface area contributed by atoms with Crippen LogP contribution in [0, 0.1) is 0 Å². The number of nitrogens with one attached hydrogen (secondary N) is 3. The van der Waals surface area contributed by atoms with Crippen LogP contribution in [-0.4, -0.2) is 24.8 Å². The monoisotopic (exact) mass is 311 g/mol. The summed E-state index contributed by atoms with van der Waals surface area (Å²) in [6, 6.07) is 13.2. The lowest BCUT2D eigenvalue weighted by atomic mass is 10.1. The molecule has 0 fully saturated rings. The maximum absolute atomic E-state index is 12.1. The van der Waals surface area contributed by atoms with Crippen molar-refractivity contribution >= 4 is 29.1 Å². The van der Waals surface area contributed by atoms with E-state index in [1.165, 1.54) is 6.92 Å². The molecule has 0 aliphatic rings. The molecule has 23 heavy (non-hydrogen) atoms. The molecular weight excluding hydrogens is 294 g/mol. The van der Waals surface area contributed by atoms with Crippen LogP contribution in [0.3, 0.4) is 0 Å². The molecule has 0 spiro atoms. The molecule has 0 atom stereocenters. The minimum Gasteiger partial charge on any atom is -0.355 e. The van der Waals surface area contributed by atoms with E-state index in [4.69, 9.17) is 0 Å². The molecule has 2 rings (SSSR count). The van der Waals surface area contributed by atoms with Gasteiger partial charge < -0.3 is 16.0 Å². The number of hydrogen-bond donors (Lipinski definition) is 3. The van der Waals surface area contributed by atoms with Crippen LogP contribution in [0.1, 0.15) is 27.6 Å². The molecule has 2 aromatic rings. The molecule has 6 heteroatoms. The standard InChI is InChI=1S/C17H17N3O3/c1-11(21)19-14-7-5-13(6-8-14)17(23)20-15-9-3-12(4-10-15)16(22)18-2/h3-10H,1-2H3,(H,18,22)(H,19,21)(H,20,23). The largest absolute Gasteiger partial charge is 0.355 e. The highest BCUT2D eigenvalue weighted by molar-refractivity contribution is 6.05. The first-order valence-corrected chi connectivity index (χ1v) is 7.01. The Morgan fingerprint density at radius 1 is 0.696 bits per heavy atom. The minimum atomic E-state index is -0.271. The summed E-state index contributed by atoms with van der Waals surface area (Å²) in [5.41, 5.74) is 2.21. The molecule has 0 aromatic heterocycles. The average molecular weight is 311 g/mol. The van der Waals surface area contributed by atoms with Gasteiger partial charge in [-0.25, -0.2) is 0 Å². The number of benzene rings is 2. The predicted molar refractivity (Wildman–Crippen MR) is 88.5 cm³/mol. The zero-order valence-corrected chi connectivity index (χ0v) is 12.8. The van der Waals surface area contributed by atoms with Crippen molar-refractivity contribution in [1.29, 1.82) is 0 Å². The van der Waals surface area contributed by atoms with Gasteiger partial charge in [-0.05, 0) is 48.5 Å². The number of rotatable bonds is 4. The van der Waals surface area contributed by atoms with Gasteiger partial charge in [-0.3, -0.25) is 14.4 Å². The third kappa shape index (κ3) is 4.41. The highest BCUT2D eigenvalue weighted by atomic mass is 16.2.